The van der Waals surface area contributed by atoms with Crippen LogP contribution in [0.5, 0.6) is 5.75 Å². The highest BCUT2D eigenvalue weighted by Gasteiger charge is 2.03. The first-order chi connectivity index (χ1) is 6.63. The van der Waals surface area contributed by atoms with E-state index in [1.807, 2.05) is 18.2 Å². The lowest BCUT2D eigenvalue weighted by atomic mass is 10.1. The van der Waals surface area contributed by atoms with Crippen molar-refractivity contribution in [2.75, 3.05) is 7.11 Å². The van der Waals surface area contributed by atoms with E-state index in [1.54, 1.807) is 14.0 Å². The zero-order valence-corrected chi connectivity index (χ0v) is 10.0. The maximum atomic E-state index is 9.17. The fraction of sp³-hybridized carbons (Fsp3) is 0.455. The summed E-state index contributed by atoms with van der Waals surface area (Å²) >= 11 is 3.48. The molecular formula is C11H15BrO2. The zero-order valence-electron chi connectivity index (χ0n) is 8.46. The molecule has 1 aromatic carbocycles. The Bertz CT molecular complexity index is 297. The molecule has 0 unspecified atom stereocenters. The Morgan fingerprint density at radius 2 is 2.21 bits per heavy atom. The van der Waals surface area contributed by atoms with Crippen LogP contribution in [0.25, 0.3) is 0 Å². The van der Waals surface area contributed by atoms with Crippen LogP contribution in [-0.4, -0.2) is 18.3 Å². The number of halogens is 1. The number of hydrogen-bond acceptors (Lipinski definition) is 2. The van der Waals surface area contributed by atoms with Crippen molar-refractivity contribution < 1.29 is 9.84 Å². The number of rotatable bonds is 4. The van der Waals surface area contributed by atoms with Gasteiger partial charge in [-0.15, -0.1) is 0 Å². The minimum absolute atomic E-state index is 0.246. The molecule has 1 aromatic rings. The molecule has 0 aliphatic rings. The summed E-state index contributed by atoms with van der Waals surface area (Å²) in [7, 11) is 1.65. The van der Waals surface area contributed by atoms with Gasteiger partial charge in [0.05, 0.1) is 13.2 Å². The highest BCUT2D eigenvalue weighted by molar-refractivity contribution is 9.10. The van der Waals surface area contributed by atoms with Gasteiger partial charge in [-0.05, 0) is 37.5 Å². The number of aliphatic hydroxyl groups is 1. The number of aliphatic hydroxyl groups excluding tert-OH is 1. The van der Waals surface area contributed by atoms with Gasteiger partial charge in [-0.25, -0.2) is 0 Å². The quantitative estimate of drug-likeness (QED) is 0.900. The van der Waals surface area contributed by atoms with Crippen LogP contribution in [-0.2, 0) is 6.42 Å². The minimum atomic E-state index is -0.246. The first-order valence-corrected chi connectivity index (χ1v) is 5.43. The van der Waals surface area contributed by atoms with Gasteiger partial charge in [0.15, 0.2) is 0 Å². The monoisotopic (exact) mass is 258 g/mol. The fourth-order valence-corrected chi connectivity index (χ4v) is 1.78. The second kappa shape index (κ2) is 5.37. The van der Waals surface area contributed by atoms with Crippen molar-refractivity contribution in [3.05, 3.63) is 28.2 Å². The molecule has 1 rings (SSSR count). The molecule has 0 amide bonds. The normalized spacial score (nSPS) is 12.6. The fourth-order valence-electron chi connectivity index (χ4n) is 1.22. The number of benzene rings is 1. The average Bonchev–Trinajstić information content (AvgIpc) is 2.15. The molecule has 0 radical (unpaired) electrons. The van der Waals surface area contributed by atoms with Gasteiger partial charge in [0, 0.05) is 4.47 Å². The van der Waals surface area contributed by atoms with Gasteiger partial charge >= 0.3 is 0 Å². The summed E-state index contributed by atoms with van der Waals surface area (Å²) in [5, 5.41) is 9.17. The van der Waals surface area contributed by atoms with E-state index in [9.17, 15) is 0 Å². The van der Waals surface area contributed by atoms with Crippen LogP contribution in [0.15, 0.2) is 22.7 Å². The van der Waals surface area contributed by atoms with E-state index in [2.05, 4.69) is 15.9 Å². The number of aryl methyl sites for hydroxylation is 1. The van der Waals surface area contributed by atoms with Crippen molar-refractivity contribution in [3.63, 3.8) is 0 Å². The van der Waals surface area contributed by atoms with Crippen molar-refractivity contribution in [2.24, 2.45) is 0 Å². The van der Waals surface area contributed by atoms with Crippen molar-refractivity contribution in [1.29, 1.82) is 0 Å². The van der Waals surface area contributed by atoms with E-state index >= 15 is 0 Å². The third-order valence-electron chi connectivity index (χ3n) is 2.09. The van der Waals surface area contributed by atoms with E-state index in [1.165, 1.54) is 5.56 Å². The van der Waals surface area contributed by atoms with Crippen LogP contribution in [0.4, 0.5) is 0 Å². The van der Waals surface area contributed by atoms with Crippen LogP contribution < -0.4 is 4.74 Å². The maximum absolute atomic E-state index is 9.17. The number of ether oxygens (including phenoxy) is 1. The molecule has 0 heterocycles. The molecule has 0 aliphatic carbocycles. The van der Waals surface area contributed by atoms with Crippen LogP contribution in [0.1, 0.15) is 18.9 Å². The van der Waals surface area contributed by atoms with Crippen molar-refractivity contribution in [1.82, 2.24) is 0 Å². The molecule has 0 saturated heterocycles. The third-order valence-corrected chi connectivity index (χ3v) is 2.83. The van der Waals surface area contributed by atoms with E-state index in [-0.39, 0.29) is 6.10 Å². The SMILES string of the molecule is COc1ccc(CC[C@H](C)O)c(Br)c1. The average molecular weight is 259 g/mol. The molecule has 3 heteroatoms. The summed E-state index contributed by atoms with van der Waals surface area (Å²) in [6, 6.07) is 5.89. The van der Waals surface area contributed by atoms with E-state index in [4.69, 9.17) is 9.84 Å². The van der Waals surface area contributed by atoms with Gasteiger partial charge in [-0.2, -0.15) is 0 Å². The Morgan fingerprint density at radius 1 is 1.50 bits per heavy atom. The highest BCUT2D eigenvalue weighted by atomic mass is 79.9. The zero-order chi connectivity index (χ0) is 10.6. The molecule has 0 saturated carbocycles. The predicted molar refractivity (Wildman–Crippen MR) is 60.7 cm³/mol. The molecule has 0 spiro atoms. The van der Waals surface area contributed by atoms with E-state index in [0.717, 1.165) is 23.1 Å². The Hall–Kier alpha value is -0.540. The van der Waals surface area contributed by atoms with Crippen LogP contribution in [0.2, 0.25) is 0 Å². The van der Waals surface area contributed by atoms with Crippen LogP contribution >= 0.6 is 15.9 Å². The largest absolute Gasteiger partial charge is 0.497 e. The van der Waals surface area contributed by atoms with Gasteiger partial charge < -0.3 is 9.84 Å². The lowest BCUT2D eigenvalue weighted by Gasteiger charge is -2.08. The van der Waals surface area contributed by atoms with Crippen molar-refractivity contribution in [2.45, 2.75) is 25.9 Å². The molecule has 14 heavy (non-hydrogen) atoms. The summed E-state index contributed by atoms with van der Waals surface area (Å²) in [5.41, 5.74) is 1.20. The third kappa shape index (κ3) is 3.31. The Kier molecular flexibility index (Phi) is 4.42. The molecule has 78 valence electrons. The predicted octanol–water partition coefficient (Wildman–Crippen LogP) is 2.77. The Balaban J connectivity index is 2.69. The summed E-state index contributed by atoms with van der Waals surface area (Å²) < 4.78 is 6.14. The molecule has 0 fully saturated rings. The van der Waals surface area contributed by atoms with E-state index in [0.29, 0.717) is 0 Å². The summed E-state index contributed by atoms with van der Waals surface area (Å²) in [6.07, 6.45) is 1.41. The summed E-state index contributed by atoms with van der Waals surface area (Å²) in [4.78, 5) is 0. The molecule has 1 atom stereocenters. The minimum Gasteiger partial charge on any atom is -0.497 e. The van der Waals surface area contributed by atoms with E-state index < -0.39 is 0 Å². The maximum Gasteiger partial charge on any atom is 0.120 e. The molecule has 2 nitrogen and oxygen atoms in total. The topological polar surface area (TPSA) is 29.5 Å². The van der Waals surface area contributed by atoms with Crippen LogP contribution in [0.3, 0.4) is 0 Å². The van der Waals surface area contributed by atoms with Gasteiger partial charge in [0.2, 0.25) is 0 Å². The summed E-state index contributed by atoms with van der Waals surface area (Å²) in [5.74, 6) is 0.845. The van der Waals surface area contributed by atoms with Crippen molar-refractivity contribution >= 4 is 15.9 Å². The molecule has 0 bridgehead atoms. The molecule has 0 aliphatic heterocycles. The molecule has 1 N–H and O–H groups in total. The second-order valence-electron chi connectivity index (χ2n) is 3.35. The number of hydrogen-bond donors (Lipinski definition) is 1. The first kappa shape index (κ1) is 11.5. The molecular weight excluding hydrogens is 244 g/mol. The first-order valence-electron chi connectivity index (χ1n) is 4.64. The Morgan fingerprint density at radius 3 is 2.71 bits per heavy atom. The van der Waals surface area contributed by atoms with Gasteiger partial charge in [0.1, 0.15) is 5.75 Å². The van der Waals surface area contributed by atoms with Gasteiger partial charge in [-0.3, -0.25) is 0 Å². The van der Waals surface area contributed by atoms with Gasteiger partial charge in [0.25, 0.3) is 0 Å². The second-order valence-corrected chi connectivity index (χ2v) is 4.20. The number of methoxy groups -OCH3 is 1. The summed E-state index contributed by atoms with van der Waals surface area (Å²) in [6.45, 7) is 1.80. The lowest BCUT2D eigenvalue weighted by Crippen LogP contribution is -2.01. The standard InChI is InChI=1S/C11H15BrO2/c1-8(13)3-4-9-5-6-10(14-2)7-11(9)12/h5-8,13H,3-4H2,1-2H3/t8-/m0/s1. The van der Waals surface area contributed by atoms with Crippen molar-refractivity contribution in [3.8, 4) is 5.75 Å². The smallest absolute Gasteiger partial charge is 0.120 e. The lowest BCUT2D eigenvalue weighted by molar-refractivity contribution is 0.185. The highest BCUT2D eigenvalue weighted by Crippen LogP contribution is 2.24. The van der Waals surface area contributed by atoms with Crippen LogP contribution in [0, 0.1) is 0 Å². The Labute approximate surface area is 93.0 Å². The molecule has 0 aromatic heterocycles. The van der Waals surface area contributed by atoms with Gasteiger partial charge in [-0.1, -0.05) is 22.0 Å².